The van der Waals surface area contributed by atoms with Gasteiger partial charge in [-0.15, -0.1) is 0 Å². The number of hydrogen-bond donors (Lipinski definition) is 2. The van der Waals surface area contributed by atoms with Gasteiger partial charge in [-0.3, -0.25) is 0 Å². The minimum absolute atomic E-state index is 0.0968. The van der Waals surface area contributed by atoms with Gasteiger partial charge in [0.2, 0.25) is 0 Å². The molecule has 0 bridgehead atoms. The molecule has 5 aromatic rings. The molecule has 0 amide bonds. The molecule has 0 saturated heterocycles. The molecule has 40 heavy (non-hydrogen) atoms. The second kappa shape index (κ2) is 12.2. The maximum Gasteiger partial charge on any atom is 0.320 e. The van der Waals surface area contributed by atoms with Gasteiger partial charge in [-0.2, -0.15) is 9.97 Å². The number of hydrogen-bond acceptors (Lipinski definition) is 7. The zero-order chi connectivity index (χ0) is 28.1. The summed E-state index contributed by atoms with van der Waals surface area (Å²) in [7, 11) is 0. The molecule has 0 aliphatic rings. The monoisotopic (exact) mass is 537 g/mol. The lowest BCUT2D eigenvalue weighted by Gasteiger charge is -2.17. The molecule has 1 heterocycles. The minimum Gasteiger partial charge on any atom is -0.507 e. The summed E-state index contributed by atoms with van der Waals surface area (Å²) in [4.78, 5) is 14.2. The number of benzene rings is 4. The lowest BCUT2D eigenvalue weighted by atomic mass is 9.96. The van der Waals surface area contributed by atoms with E-state index in [9.17, 15) is 10.2 Å². The summed E-state index contributed by atoms with van der Waals surface area (Å²) < 4.78 is 11.7. The van der Waals surface area contributed by atoms with Crippen molar-refractivity contribution in [2.45, 2.75) is 46.5 Å². The van der Waals surface area contributed by atoms with Crippen molar-refractivity contribution in [1.82, 2.24) is 15.0 Å². The second-order valence-corrected chi connectivity index (χ2v) is 9.96. The van der Waals surface area contributed by atoms with Crippen LogP contribution in [0.5, 0.6) is 23.3 Å². The first-order valence-corrected chi connectivity index (χ1v) is 14.0. The highest BCUT2D eigenvalue weighted by Crippen LogP contribution is 2.41. The Balaban J connectivity index is 1.70. The molecule has 7 nitrogen and oxygen atoms in total. The fourth-order valence-corrected chi connectivity index (χ4v) is 5.06. The summed E-state index contributed by atoms with van der Waals surface area (Å²) in [6.45, 7) is 7.05. The van der Waals surface area contributed by atoms with E-state index in [2.05, 4.69) is 37.0 Å². The van der Waals surface area contributed by atoms with Crippen molar-refractivity contribution in [2.75, 3.05) is 13.2 Å². The van der Waals surface area contributed by atoms with Crippen LogP contribution in [0.2, 0.25) is 0 Å². The number of phenols is 2. The van der Waals surface area contributed by atoms with Gasteiger partial charge in [0, 0.05) is 17.7 Å². The highest BCUT2D eigenvalue weighted by atomic mass is 16.5. The van der Waals surface area contributed by atoms with Crippen molar-refractivity contribution in [1.29, 1.82) is 0 Å². The molecule has 5 rings (SSSR count). The number of fused-ring (bicyclic) bond motifs is 2. The molecule has 0 saturated carbocycles. The van der Waals surface area contributed by atoms with Gasteiger partial charge in [0.05, 0.1) is 13.2 Å². The van der Waals surface area contributed by atoms with Gasteiger partial charge >= 0.3 is 6.01 Å². The summed E-state index contributed by atoms with van der Waals surface area (Å²) >= 11 is 0. The van der Waals surface area contributed by atoms with E-state index in [0.717, 1.165) is 52.8 Å². The maximum absolute atomic E-state index is 10.9. The first kappa shape index (κ1) is 27.2. The van der Waals surface area contributed by atoms with E-state index in [4.69, 9.17) is 19.4 Å². The van der Waals surface area contributed by atoms with Gasteiger partial charge in [0.25, 0.3) is 0 Å². The van der Waals surface area contributed by atoms with E-state index in [1.165, 1.54) is 12.1 Å². The van der Waals surface area contributed by atoms with Gasteiger partial charge in [-0.1, -0.05) is 81.6 Å². The molecule has 0 fully saturated rings. The molecule has 4 aromatic carbocycles. The second-order valence-electron chi connectivity index (χ2n) is 9.96. The summed E-state index contributed by atoms with van der Waals surface area (Å²) in [5.74, 6) is 0.870. The van der Waals surface area contributed by atoms with Crippen molar-refractivity contribution in [3.8, 4) is 46.0 Å². The first-order chi connectivity index (χ1) is 19.5. The number of unbranched alkanes of at least 4 members (excludes halogenated alkanes) is 1. The molecule has 2 N–H and O–H groups in total. The van der Waals surface area contributed by atoms with Gasteiger partial charge in [-0.25, -0.2) is 4.98 Å². The topological polar surface area (TPSA) is 97.6 Å². The molecule has 0 radical (unpaired) electrons. The van der Waals surface area contributed by atoms with E-state index >= 15 is 0 Å². The zero-order valence-electron chi connectivity index (χ0n) is 23.2. The Labute approximate surface area is 234 Å². The van der Waals surface area contributed by atoms with Crippen molar-refractivity contribution >= 4 is 21.5 Å². The van der Waals surface area contributed by atoms with Crippen LogP contribution in [0.4, 0.5) is 0 Å². The molecular weight excluding hydrogens is 502 g/mol. The van der Waals surface area contributed by atoms with E-state index in [0.29, 0.717) is 30.7 Å². The minimum atomic E-state index is -0.191. The molecule has 0 aliphatic carbocycles. The highest BCUT2D eigenvalue weighted by Gasteiger charge is 2.22. The molecule has 1 aromatic heterocycles. The van der Waals surface area contributed by atoms with Crippen molar-refractivity contribution in [2.24, 2.45) is 5.92 Å². The number of aromatic nitrogens is 3. The van der Waals surface area contributed by atoms with Crippen LogP contribution in [0.3, 0.4) is 0 Å². The number of nitrogens with zero attached hydrogens (tertiary/aromatic N) is 3. The predicted molar refractivity (Wildman–Crippen MR) is 159 cm³/mol. The van der Waals surface area contributed by atoms with Gasteiger partial charge in [0.1, 0.15) is 22.8 Å². The average molecular weight is 538 g/mol. The highest BCUT2D eigenvalue weighted by molar-refractivity contribution is 6.11. The summed E-state index contributed by atoms with van der Waals surface area (Å²) in [6.07, 6.45) is 4.30. The largest absolute Gasteiger partial charge is 0.507 e. The summed E-state index contributed by atoms with van der Waals surface area (Å²) in [5, 5.41) is 25.9. The predicted octanol–water partition coefficient (Wildman–Crippen LogP) is 7.92. The van der Waals surface area contributed by atoms with Crippen molar-refractivity contribution in [3.05, 3.63) is 66.7 Å². The third-order valence-corrected chi connectivity index (χ3v) is 7.21. The van der Waals surface area contributed by atoms with Crippen LogP contribution in [-0.2, 0) is 0 Å². The lowest BCUT2D eigenvalue weighted by molar-refractivity contribution is 0.217. The van der Waals surface area contributed by atoms with Crippen LogP contribution < -0.4 is 9.47 Å². The Bertz CT molecular complexity index is 1560. The number of ether oxygens (including phenoxy) is 2. The number of aromatic hydroxyl groups is 2. The maximum atomic E-state index is 10.9. The van der Waals surface area contributed by atoms with Crippen LogP contribution in [-0.4, -0.2) is 38.4 Å². The zero-order valence-corrected chi connectivity index (χ0v) is 23.2. The average Bonchev–Trinajstić information content (AvgIpc) is 2.95. The quantitative estimate of drug-likeness (QED) is 0.165. The summed E-state index contributed by atoms with van der Waals surface area (Å²) in [5.41, 5.74) is 0.935. The molecule has 7 heteroatoms. The molecule has 1 unspecified atom stereocenters. The molecule has 206 valence electrons. The Hall–Kier alpha value is -4.39. The van der Waals surface area contributed by atoms with Crippen LogP contribution >= 0.6 is 0 Å². The van der Waals surface area contributed by atoms with E-state index in [1.807, 2.05) is 43.3 Å². The fourth-order valence-electron chi connectivity index (χ4n) is 5.06. The molecule has 0 aliphatic heterocycles. The first-order valence-electron chi connectivity index (χ1n) is 14.0. The van der Waals surface area contributed by atoms with E-state index in [1.54, 1.807) is 0 Å². The van der Waals surface area contributed by atoms with E-state index in [-0.39, 0.29) is 28.9 Å². The Kier molecular flexibility index (Phi) is 8.29. The standard InChI is InChI=1S/C33H35N3O4/c1-4-7-12-21(5-2)20-40-33-35-31(34-32(36-33)30-27(37)18-24(39-6-3)19-28(30)38)29-25-15-10-8-13-22(25)17-23-14-9-11-16-26(23)29/h8-11,13-19,21,37-38H,4-7,12,20H2,1-3H3. The molecular formula is C33H35N3O4. The third-order valence-electron chi connectivity index (χ3n) is 7.21. The van der Waals surface area contributed by atoms with Gasteiger partial charge in [-0.05, 0) is 46.9 Å². The lowest BCUT2D eigenvalue weighted by Crippen LogP contribution is -2.13. The number of rotatable bonds is 11. The van der Waals surface area contributed by atoms with Crippen molar-refractivity contribution in [3.63, 3.8) is 0 Å². The smallest absolute Gasteiger partial charge is 0.320 e. The molecule has 1 atom stereocenters. The SMILES string of the molecule is CCCCC(CC)COc1nc(-c2c(O)cc(OCC)cc2O)nc(-c2c3ccccc3cc3ccccc23)n1. The van der Waals surface area contributed by atoms with Gasteiger partial charge in [0.15, 0.2) is 11.6 Å². The number of phenolic OH excluding ortho intramolecular Hbond substituents is 2. The van der Waals surface area contributed by atoms with Crippen molar-refractivity contribution < 1.29 is 19.7 Å². The van der Waals surface area contributed by atoms with Crippen LogP contribution in [0.25, 0.3) is 44.3 Å². The van der Waals surface area contributed by atoms with Gasteiger partial charge < -0.3 is 19.7 Å². The van der Waals surface area contributed by atoms with Crippen LogP contribution in [0, 0.1) is 5.92 Å². The van der Waals surface area contributed by atoms with Crippen LogP contribution in [0.15, 0.2) is 66.7 Å². The fraction of sp³-hybridized carbons (Fsp3) is 0.303. The Morgan fingerprint density at radius 1 is 0.725 bits per heavy atom. The Morgan fingerprint density at radius 3 is 1.90 bits per heavy atom. The van der Waals surface area contributed by atoms with Crippen LogP contribution in [0.1, 0.15) is 46.5 Å². The summed E-state index contributed by atoms with van der Waals surface area (Å²) in [6, 6.07) is 21.4. The normalized spacial score (nSPS) is 12.1. The third kappa shape index (κ3) is 5.64. The Morgan fingerprint density at radius 2 is 1.32 bits per heavy atom. The molecule has 0 spiro atoms. The van der Waals surface area contributed by atoms with E-state index < -0.39 is 0 Å².